The second kappa shape index (κ2) is 5.80. The van der Waals surface area contributed by atoms with E-state index in [9.17, 15) is 4.39 Å². The van der Waals surface area contributed by atoms with Crippen molar-refractivity contribution in [3.8, 4) is 0 Å². The number of rotatable bonds is 4. The molecule has 0 radical (unpaired) electrons. The molecule has 2 nitrogen and oxygen atoms in total. The lowest BCUT2D eigenvalue weighted by Crippen LogP contribution is -2.18. The number of benzene rings is 2. The fraction of sp³-hybridized carbons (Fsp3) is 0.133. The van der Waals surface area contributed by atoms with E-state index in [4.69, 9.17) is 18.0 Å². The Morgan fingerprint density at radius 3 is 2.63 bits per heavy atom. The minimum atomic E-state index is -0.195. The van der Waals surface area contributed by atoms with E-state index in [1.165, 1.54) is 6.07 Å². The van der Waals surface area contributed by atoms with Gasteiger partial charge in [0.1, 0.15) is 10.8 Å². The first-order valence-electron chi connectivity index (χ1n) is 5.92. The highest BCUT2D eigenvalue weighted by atomic mass is 32.1. The van der Waals surface area contributed by atoms with E-state index in [1.807, 2.05) is 42.3 Å². The molecule has 0 bridgehead atoms. The van der Waals surface area contributed by atoms with Gasteiger partial charge in [0.2, 0.25) is 0 Å². The molecule has 2 aromatic carbocycles. The van der Waals surface area contributed by atoms with Crippen LogP contribution in [0.1, 0.15) is 11.1 Å². The lowest BCUT2D eigenvalue weighted by atomic mass is 10.1. The highest BCUT2D eigenvalue weighted by molar-refractivity contribution is 7.80. The molecular weight excluding hydrogens is 259 g/mol. The van der Waals surface area contributed by atoms with Crippen molar-refractivity contribution in [1.82, 2.24) is 0 Å². The van der Waals surface area contributed by atoms with Gasteiger partial charge in [-0.05, 0) is 18.2 Å². The summed E-state index contributed by atoms with van der Waals surface area (Å²) in [6, 6.07) is 14.4. The molecule has 0 aromatic heterocycles. The summed E-state index contributed by atoms with van der Waals surface area (Å²) < 4.78 is 13.6. The molecule has 4 heteroatoms. The lowest BCUT2D eigenvalue weighted by molar-refractivity contribution is 0.608. The molecule has 0 spiro atoms. The summed E-state index contributed by atoms with van der Waals surface area (Å²) in [5, 5.41) is 0. The van der Waals surface area contributed by atoms with Crippen molar-refractivity contribution >= 4 is 22.9 Å². The largest absolute Gasteiger partial charge is 0.389 e. The van der Waals surface area contributed by atoms with Gasteiger partial charge in [0.25, 0.3) is 0 Å². The summed E-state index contributed by atoms with van der Waals surface area (Å²) in [5.74, 6) is -0.195. The van der Waals surface area contributed by atoms with Crippen LogP contribution in [0.4, 0.5) is 10.1 Å². The Balaban J connectivity index is 2.20. The van der Waals surface area contributed by atoms with Gasteiger partial charge < -0.3 is 10.6 Å². The van der Waals surface area contributed by atoms with Crippen LogP contribution in [0.15, 0.2) is 48.5 Å². The second-order valence-electron chi connectivity index (χ2n) is 4.36. The van der Waals surface area contributed by atoms with E-state index in [-0.39, 0.29) is 5.82 Å². The van der Waals surface area contributed by atoms with Gasteiger partial charge >= 0.3 is 0 Å². The first kappa shape index (κ1) is 13.5. The first-order valence-corrected chi connectivity index (χ1v) is 6.33. The highest BCUT2D eigenvalue weighted by Crippen LogP contribution is 2.18. The average Bonchev–Trinajstić information content (AvgIpc) is 2.41. The van der Waals surface area contributed by atoms with E-state index in [0.717, 1.165) is 11.3 Å². The van der Waals surface area contributed by atoms with Crippen molar-refractivity contribution in [2.75, 3.05) is 11.9 Å². The normalized spacial score (nSPS) is 10.2. The van der Waals surface area contributed by atoms with Crippen LogP contribution >= 0.6 is 12.2 Å². The van der Waals surface area contributed by atoms with Gasteiger partial charge in [0.05, 0.1) is 0 Å². The van der Waals surface area contributed by atoms with Crippen molar-refractivity contribution in [1.29, 1.82) is 0 Å². The van der Waals surface area contributed by atoms with Crippen LogP contribution in [0.5, 0.6) is 0 Å². The van der Waals surface area contributed by atoms with Gasteiger partial charge in [-0.15, -0.1) is 0 Å². The number of anilines is 1. The third-order valence-corrected chi connectivity index (χ3v) is 3.17. The van der Waals surface area contributed by atoms with E-state index in [0.29, 0.717) is 17.1 Å². The third-order valence-electron chi connectivity index (χ3n) is 2.94. The molecule has 2 rings (SSSR count). The van der Waals surface area contributed by atoms with Gasteiger partial charge in [-0.1, -0.05) is 42.5 Å². The number of nitrogens with zero attached hydrogens (tertiary/aromatic N) is 1. The quantitative estimate of drug-likeness (QED) is 0.869. The molecule has 2 aromatic rings. The average molecular weight is 274 g/mol. The topological polar surface area (TPSA) is 29.3 Å². The van der Waals surface area contributed by atoms with Crippen LogP contribution in [0.2, 0.25) is 0 Å². The molecule has 0 saturated heterocycles. The number of thiocarbonyl (C=S) groups is 1. The first-order chi connectivity index (χ1) is 9.08. The van der Waals surface area contributed by atoms with Crippen LogP contribution < -0.4 is 10.6 Å². The van der Waals surface area contributed by atoms with E-state index in [1.54, 1.807) is 12.1 Å². The maximum atomic E-state index is 13.6. The SMILES string of the molecule is CN(Cc1ccccc1F)c1cccc(C(N)=S)c1. The van der Waals surface area contributed by atoms with Gasteiger partial charge in [-0.2, -0.15) is 0 Å². The monoisotopic (exact) mass is 274 g/mol. The fourth-order valence-electron chi connectivity index (χ4n) is 1.87. The minimum absolute atomic E-state index is 0.195. The number of nitrogens with two attached hydrogens (primary N) is 1. The Hall–Kier alpha value is -1.94. The highest BCUT2D eigenvalue weighted by Gasteiger charge is 2.07. The van der Waals surface area contributed by atoms with Gasteiger partial charge in [-0.3, -0.25) is 0 Å². The van der Waals surface area contributed by atoms with Crippen molar-refractivity contribution in [2.24, 2.45) is 5.73 Å². The lowest BCUT2D eigenvalue weighted by Gasteiger charge is -2.20. The van der Waals surface area contributed by atoms with Gasteiger partial charge in [-0.25, -0.2) is 4.39 Å². The number of halogens is 1. The Bertz CT molecular complexity index is 598. The van der Waals surface area contributed by atoms with Crippen molar-refractivity contribution < 1.29 is 4.39 Å². The number of hydrogen-bond donors (Lipinski definition) is 1. The molecular formula is C15H15FN2S. The van der Waals surface area contributed by atoms with Gasteiger partial charge in [0, 0.05) is 30.4 Å². The number of hydrogen-bond acceptors (Lipinski definition) is 2. The molecule has 0 aliphatic heterocycles. The molecule has 0 heterocycles. The molecule has 0 fully saturated rings. The third kappa shape index (κ3) is 3.29. The van der Waals surface area contributed by atoms with E-state index >= 15 is 0 Å². The summed E-state index contributed by atoms with van der Waals surface area (Å²) >= 11 is 4.96. The van der Waals surface area contributed by atoms with Crippen LogP contribution in [-0.2, 0) is 6.54 Å². The molecule has 0 saturated carbocycles. The van der Waals surface area contributed by atoms with Crippen molar-refractivity contribution in [3.63, 3.8) is 0 Å². The summed E-state index contributed by atoms with van der Waals surface area (Å²) in [4.78, 5) is 2.32. The molecule has 0 aliphatic carbocycles. The molecule has 19 heavy (non-hydrogen) atoms. The standard InChI is InChI=1S/C15H15FN2S/c1-18(10-12-5-2-3-8-14(12)16)13-7-4-6-11(9-13)15(17)19/h2-9H,10H2,1H3,(H2,17,19). The van der Waals surface area contributed by atoms with Crippen LogP contribution in [-0.4, -0.2) is 12.0 Å². The predicted octanol–water partition coefficient (Wildman–Crippen LogP) is 3.10. The molecule has 0 aliphatic rings. The Morgan fingerprint density at radius 2 is 1.95 bits per heavy atom. The van der Waals surface area contributed by atoms with E-state index in [2.05, 4.69) is 0 Å². The Kier molecular flexibility index (Phi) is 4.12. The second-order valence-corrected chi connectivity index (χ2v) is 4.80. The molecule has 2 N–H and O–H groups in total. The van der Waals surface area contributed by atoms with Crippen molar-refractivity contribution in [2.45, 2.75) is 6.54 Å². The Labute approximate surface area is 117 Å². The zero-order valence-corrected chi connectivity index (χ0v) is 11.5. The minimum Gasteiger partial charge on any atom is -0.389 e. The zero-order chi connectivity index (χ0) is 13.8. The predicted molar refractivity (Wildman–Crippen MR) is 80.8 cm³/mol. The summed E-state index contributed by atoms with van der Waals surface area (Å²) in [5.41, 5.74) is 8.04. The van der Waals surface area contributed by atoms with Crippen LogP contribution in [0.3, 0.4) is 0 Å². The van der Waals surface area contributed by atoms with Crippen molar-refractivity contribution in [3.05, 3.63) is 65.5 Å². The summed E-state index contributed by atoms with van der Waals surface area (Å²) in [6.07, 6.45) is 0. The fourth-order valence-corrected chi connectivity index (χ4v) is 2.00. The maximum absolute atomic E-state index is 13.6. The summed E-state index contributed by atoms with van der Waals surface area (Å²) in [7, 11) is 1.91. The van der Waals surface area contributed by atoms with Crippen LogP contribution in [0, 0.1) is 5.82 Å². The molecule has 0 amide bonds. The van der Waals surface area contributed by atoms with E-state index < -0.39 is 0 Å². The molecule has 98 valence electrons. The summed E-state index contributed by atoms with van der Waals surface area (Å²) in [6.45, 7) is 0.494. The smallest absolute Gasteiger partial charge is 0.128 e. The molecule has 0 unspecified atom stereocenters. The Morgan fingerprint density at radius 1 is 1.21 bits per heavy atom. The maximum Gasteiger partial charge on any atom is 0.128 e. The zero-order valence-electron chi connectivity index (χ0n) is 10.6. The van der Waals surface area contributed by atoms with Crippen LogP contribution in [0.25, 0.3) is 0 Å². The molecule has 0 atom stereocenters. The van der Waals surface area contributed by atoms with Gasteiger partial charge in [0.15, 0.2) is 0 Å².